The Balaban J connectivity index is 1.83. The smallest absolute Gasteiger partial charge is 0.327 e. The summed E-state index contributed by atoms with van der Waals surface area (Å²) in [7, 11) is 1.66. The maximum Gasteiger partial charge on any atom is 0.327 e. The second-order valence-corrected chi connectivity index (χ2v) is 8.03. The Morgan fingerprint density at radius 2 is 1.94 bits per heavy atom. The number of H-pyrrole nitrogens is 2. The molecule has 0 fully saturated rings. The van der Waals surface area contributed by atoms with Crippen molar-refractivity contribution in [1.82, 2.24) is 24.7 Å². The number of nitrogens with one attached hydrogen (secondary N) is 2. The molecule has 0 spiro atoms. The first-order valence-electron chi connectivity index (χ1n) is 10.7. The first-order chi connectivity index (χ1) is 15.5. The SMILES string of the molecule is CC[C@H](c1ccccc1)n1c(=O)[nH]c2cnc3cc(-c4c(C)n[nH]c4C)c(OC)cc3c21. The van der Waals surface area contributed by atoms with Gasteiger partial charge in [-0.2, -0.15) is 5.10 Å². The maximum absolute atomic E-state index is 13.1. The number of benzene rings is 2. The molecule has 0 aliphatic heterocycles. The minimum atomic E-state index is -0.144. The third kappa shape index (κ3) is 3.00. The van der Waals surface area contributed by atoms with Crippen molar-refractivity contribution in [2.24, 2.45) is 0 Å². The summed E-state index contributed by atoms with van der Waals surface area (Å²) in [6, 6.07) is 14.0. The molecule has 0 saturated heterocycles. The van der Waals surface area contributed by atoms with Gasteiger partial charge in [0, 0.05) is 22.2 Å². The lowest BCUT2D eigenvalue weighted by molar-refractivity contribution is 0.417. The molecule has 5 aromatic rings. The Bertz CT molecular complexity index is 1470. The lowest BCUT2D eigenvalue weighted by Crippen LogP contribution is -2.22. The van der Waals surface area contributed by atoms with E-state index in [0.29, 0.717) is 11.3 Å². The van der Waals surface area contributed by atoms with Crippen LogP contribution in [-0.4, -0.2) is 31.8 Å². The molecule has 0 unspecified atom stereocenters. The van der Waals surface area contributed by atoms with E-state index >= 15 is 0 Å². The molecule has 2 N–H and O–H groups in total. The maximum atomic E-state index is 13.1. The Morgan fingerprint density at radius 3 is 2.59 bits per heavy atom. The summed E-state index contributed by atoms with van der Waals surface area (Å²) in [5.74, 6) is 0.715. The van der Waals surface area contributed by atoms with Crippen LogP contribution in [0.3, 0.4) is 0 Å². The van der Waals surface area contributed by atoms with Crippen molar-refractivity contribution < 1.29 is 4.74 Å². The Morgan fingerprint density at radius 1 is 1.16 bits per heavy atom. The summed E-state index contributed by atoms with van der Waals surface area (Å²) in [5, 5.41) is 8.24. The molecule has 0 saturated carbocycles. The second-order valence-electron chi connectivity index (χ2n) is 8.03. The van der Waals surface area contributed by atoms with Crippen LogP contribution in [-0.2, 0) is 0 Å². The van der Waals surface area contributed by atoms with Crippen molar-refractivity contribution >= 4 is 21.9 Å². The highest BCUT2D eigenvalue weighted by molar-refractivity contribution is 6.05. The van der Waals surface area contributed by atoms with E-state index in [0.717, 1.165) is 50.9 Å². The van der Waals surface area contributed by atoms with Crippen LogP contribution in [0.5, 0.6) is 5.75 Å². The average Bonchev–Trinajstić information content (AvgIpc) is 3.32. The van der Waals surface area contributed by atoms with Gasteiger partial charge in [-0.3, -0.25) is 14.6 Å². The van der Waals surface area contributed by atoms with Gasteiger partial charge in [-0.25, -0.2) is 4.79 Å². The van der Waals surface area contributed by atoms with Crippen molar-refractivity contribution in [3.8, 4) is 16.9 Å². The number of hydrogen-bond donors (Lipinski definition) is 2. The minimum Gasteiger partial charge on any atom is -0.496 e. The van der Waals surface area contributed by atoms with Crippen LogP contribution in [0.25, 0.3) is 33.1 Å². The number of aromatic amines is 2. The molecule has 32 heavy (non-hydrogen) atoms. The van der Waals surface area contributed by atoms with Gasteiger partial charge in [0.2, 0.25) is 0 Å². The van der Waals surface area contributed by atoms with Gasteiger partial charge >= 0.3 is 5.69 Å². The van der Waals surface area contributed by atoms with Gasteiger partial charge in [-0.05, 0) is 38.0 Å². The van der Waals surface area contributed by atoms with Crippen molar-refractivity contribution in [1.29, 1.82) is 0 Å². The number of ether oxygens (including phenoxy) is 1. The molecule has 1 atom stereocenters. The molecule has 0 radical (unpaired) electrons. The van der Waals surface area contributed by atoms with Crippen LogP contribution in [0, 0.1) is 13.8 Å². The number of aromatic nitrogens is 5. The van der Waals surface area contributed by atoms with E-state index in [1.807, 2.05) is 48.7 Å². The molecule has 162 valence electrons. The van der Waals surface area contributed by atoms with Crippen LogP contribution in [0.2, 0.25) is 0 Å². The van der Waals surface area contributed by atoms with Crippen molar-refractivity contribution in [2.75, 3.05) is 7.11 Å². The number of nitrogens with zero attached hydrogens (tertiary/aromatic N) is 3. The lowest BCUT2D eigenvalue weighted by Gasteiger charge is -2.18. The largest absolute Gasteiger partial charge is 0.496 e. The van der Waals surface area contributed by atoms with E-state index < -0.39 is 0 Å². The predicted molar refractivity (Wildman–Crippen MR) is 126 cm³/mol. The van der Waals surface area contributed by atoms with Gasteiger partial charge < -0.3 is 9.72 Å². The van der Waals surface area contributed by atoms with Gasteiger partial charge in [0.15, 0.2) is 0 Å². The highest BCUT2D eigenvalue weighted by Crippen LogP contribution is 2.38. The monoisotopic (exact) mass is 427 g/mol. The molecular formula is C25H25N5O2. The minimum absolute atomic E-state index is 0.0907. The number of imidazole rings is 1. The first kappa shape index (κ1) is 20.1. The van der Waals surface area contributed by atoms with Crippen LogP contribution in [0.15, 0.2) is 53.5 Å². The molecule has 0 bridgehead atoms. The number of methoxy groups -OCH3 is 1. The number of hydrogen-bond acceptors (Lipinski definition) is 4. The lowest BCUT2D eigenvalue weighted by atomic mass is 9.99. The third-order valence-electron chi connectivity index (χ3n) is 6.14. The summed E-state index contributed by atoms with van der Waals surface area (Å²) in [5.41, 5.74) is 7.09. The van der Waals surface area contributed by atoms with Crippen LogP contribution in [0.4, 0.5) is 0 Å². The molecule has 5 rings (SSSR count). The van der Waals surface area contributed by atoms with E-state index in [-0.39, 0.29) is 11.7 Å². The highest BCUT2D eigenvalue weighted by atomic mass is 16.5. The zero-order valence-electron chi connectivity index (χ0n) is 18.6. The molecule has 3 heterocycles. The number of rotatable bonds is 5. The van der Waals surface area contributed by atoms with E-state index in [1.165, 1.54) is 0 Å². The van der Waals surface area contributed by atoms with E-state index in [9.17, 15) is 4.79 Å². The van der Waals surface area contributed by atoms with Crippen molar-refractivity contribution in [2.45, 2.75) is 33.2 Å². The van der Waals surface area contributed by atoms with Crippen LogP contribution < -0.4 is 10.4 Å². The fourth-order valence-electron chi connectivity index (χ4n) is 4.69. The molecule has 0 aliphatic carbocycles. The van der Waals surface area contributed by atoms with Gasteiger partial charge in [-0.15, -0.1) is 0 Å². The standard InChI is InChI=1S/C25H25N5O2/c1-5-21(16-9-7-6-8-10-16)30-24-17-12-22(32-4)18(23-14(2)28-29-15(23)3)11-19(17)26-13-20(24)27-25(30)31/h6-13,21H,5H2,1-4H3,(H,27,31)(H,28,29)/t21-/m1/s1. The van der Waals surface area contributed by atoms with Gasteiger partial charge in [0.1, 0.15) is 5.75 Å². The summed E-state index contributed by atoms with van der Waals surface area (Å²) in [6.07, 6.45) is 2.52. The highest BCUT2D eigenvalue weighted by Gasteiger charge is 2.22. The third-order valence-corrected chi connectivity index (χ3v) is 6.14. The average molecular weight is 428 g/mol. The molecule has 7 heteroatoms. The fourth-order valence-corrected chi connectivity index (χ4v) is 4.69. The van der Waals surface area contributed by atoms with Crippen molar-refractivity contribution in [3.05, 3.63) is 76.1 Å². The number of aryl methyl sites for hydroxylation is 2. The molecular weight excluding hydrogens is 402 g/mol. The van der Waals surface area contributed by atoms with Gasteiger partial charge in [0.25, 0.3) is 0 Å². The summed E-state index contributed by atoms with van der Waals surface area (Å²) in [6.45, 7) is 6.05. The zero-order valence-corrected chi connectivity index (χ0v) is 18.6. The normalized spacial score (nSPS) is 12.5. The molecule has 3 aromatic heterocycles. The van der Waals surface area contributed by atoms with Gasteiger partial charge in [0.05, 0.1) is 41.6 Å². The quantitative estimate of drug-likeness (QED) is 0.418. The molecule has 0 aliphatic rings. The molecule has 2 aromatic carbocycles. The van der Waals surface area contributed by atoms with Crippen molar-refractivity contribution in [3.63, 3.8) is 0 Å². The van der Waals surface area contributed by atoms with E-state index in [1.54, 1.807) is 13.3 Å². The Hall–Kier alpha value is -3.87. The first-order valence-corrected chi connectivity index (χ1v) is 10.7. The summed E-state index contributed by atoms with van der Waals surface area (Å²) < 4.78 is 7.64. The summed E-state index contributed by atoms with van der Waals surface area (Å²) in [4.78, 5) is 20.7. The predicted octanol–water partition coefficient (Wildman–Crippen LogP) is 4.89. The second kappa shape index (κ2) is 7.67. The Labute approximate surface area is 185 Å². The Kier molecular flexibility index (Phi) is 4.81. The fraction of sp³-hybridized carbons (Fsp3) is 0.240. The molecule has 0 amide bonds. The molecule has 7 nitrogen and oxygen atoms in total. The summed E-state index contributed by atoms with van der Waals surface area (Å²) >= 11 is 0. The van der Waals surface area contributed by atoms with E-state index in [4.69, 9.17) is 4.74 Å². The van der Waals surface area contributed by atoms with E-state index in [2.05, 4.69) is 39.2 Å². The number of fused-ring (bicyclic) bond motifs is 3. The van der Waals surface area contributed by atoms with Crippen LogP contribution >= 0.6 is 0 Å². The van der Waals surface area contributed by atoms with Crippen LogP contribution in [0.1, 0.15) is 36.3 Å². The zero-order chi connectivity index (χ0) is 22.4. The topological polar surface area (TPSA) is 88.6 Å². The van der Waals surface area contributed by atoms with Gasteiger partial charge in [-0.1, -0.05) is 37.3 Å². The number of pyridine rings is 1.